The minimum absolute atomic E-state index is 0.0349. The number of carbonyl (C=O) groups excluding carboxylic acids is 1. The molecule has 1 atom stereocenters. The van der Waals surface area contributed by atoms with E-state index in [4.69, 9.17) is 14.6 Å². The molecule has 0 bridgehead atoms. The third-order valence-corrected chi connectivity index (χ3v) is 6.30. The summed E-state index contributed by atoms with van der Waals surface area (Å²) in [6, 6.07) is 5.17. The van der Waals surface area contributed by atoms with Crippen molar-refractivity contribution in [2.24, 2.45) is 0 Å². The Kier molecular flexibility index (Phi) is 7.17. The van der Waals surface area contributed by atoms with Crippen molar-refractivity contribution in [2.45, 2.75) is 53.2 Å². The van der Waals surface area contributed by atoms with Crippen LogP contribution in [-0.2, 0) is 4.74 Å². The monoisotopic (exact) mass is 532 g/mol. The summed E-state index contributed by atoms with van der Waals surface area (Å²) >= 11 is 0. The minimum atomic E-state index is -1.32. The summed E-state index contributed by atoms with van der Waals surface area (Å²) in [6.45, 7) is 14.0. The molecule has 3 aromatic rings. The molecule has 0 saturated heterocycles. The topological polar surface area (TPSA) is 92.4 Å². The second-order valence-electron chi connectivity index (χ2n) is 10.6. The molecule has 0 saturated carbocycles. The Morgan fingerprint density at radius 2 is 1.85 bits per heavy atom. The van der Waals surface area contributed by atoms with Crippen LogP contribution in [0.3, 0.4) is 0 Å². The first-order valence-electron chi connectivity index (χ1n) is 12.4. The highest BCUT2D eigenvalue weighted by molar-refractivity contribution is 6.12. The molecule has 1 aliphatic carbocycles. The van der Waals surface area contributed by atoms with Crippen molar-refractivity contribution >= 4 is 33.9 Å². The fourth-order valence-corrected chi connectivity index (χ4v) is 4.41. The molecule has 1 heterocycles. The molecule has 39 heavy (non-hydrogen) atoms. The number of hydrogen-bond acceptors (Lipinski definition) is 6. The Balaban J connectivity index is 1.85. The van der Waals surface area contributed by atoms with E-state index in [0.29, 0.717) is 39.0 Å². The van der Waals surface area contributed by atoms with Crippen molar-refractivity contribution < 1.29 is 22.7 Å². The van der Waals surface area contributed by atoms with Gasteiger partial charge >= 0.3 is 5.97 Å². The van der Waals surface area contributed by atoms with E-state index in [2.05, 4.69) is 11.9 Å². The summed E-state index contributed by atoms with van der Waals surface area (Å²) < 4.78 is 40.7. The van der Waals surface area contributed by atoms with Crippen molar-refractivity contribution in [3.63, 3.8) is 0 Å². The molecule has 0 amide bonds. The lowest BCUT2D eigenvalue weighted by Gasteiger charge is -2.23. The molecule has 1 aliphatic rings. The van der Waals surface area contributed by atoms with Crippen molar-refractivity contribution in [3.05, 3.63) is 105 Å². The number of benzene rings is 2. The minimum Gasteiger partial charge on any atom is -0.456 e. The number of carbonyl (C=O) groups is 1. The van der Waals surface area contributed by atoms with Crippen LogP contribution < -0.4 is 10.7 Å². The zero-order chi connectivity index (χ0) is 28.8. The standard InChI is InChI=1S/C31H30F2N2O4/c1-15-12-20(18(4)35-24-11-9-22(32)26(33)25(24)30(37)39-31(5,6)7)29-21(13-15)27(36)17(3)28(38-29)19-8-10-23(34)16(2)14-19/h8-14,18,34-35H,2H2,1,3-7H3. The van der Waals surface area contributed by atoms with Crippen molar-refractivity contribution in [3.8, 4) is 0 Å². The Morgan fingerprint density at radius 3 is 2.49 bits per heavy atom. The quantitative estimate of drug-likeness (QED) is 0.335. The largest absolute Gasteiger partial charge is 0.456 e. The third kappa shape index (κ3) is 5.46. The van der Waals surface area contributed by atoms with Gasteiger partial charge in [0.05, 0.1) is 22.8 Å². The number of aryl methyl sites for hydroxylation is 1. The van der Waals surface area contributed by atoms with E-state index in [-0.39, 0.29) is 16.8 Å². The first-order chi connectivity index (χ1) is 18.2. The fraction of sp³-hybridized carbons (Fsp3) is 0.258. The van der Waals surface area contributed by atoms with Gasteiger partial charge in [-0.05, 0) is 89.1 Å². The van der Waals surface area contributed by atoms with E-state index in [0.717, 1.165) is 11.6 Å². The molecule has 202 valence electrons. The highest BCUT2D eigenvalue weighted by Gasteiger charge is 2.27. The summed E-state index contributed by atoms with van der Waals surface area (Å²) in [6.07, 6.45) is 4.96. The fourth-order valence-electron chi connectivity index (χ4n) is 4.41. The smallest absolute Gasteiger partial charge is 0.343 e. The molecule has 0 fully saturated rings. The van der Waals surface area contributed by atoms with Crippen LogP contribution in [-0.4, -0.2) is 17.3 Å². The van der Waals surface area contributed by atoms with Gasteiger partial charge in [-0.1, -0.05) is 12.6 Å². The number of ether oxygens (including phenoxy) is 1. The molecule has 8 heteroatoms. The van der Waals surface area contributed by atoms with Gasteiger partial charge in [0.1, 0.15) is 22.5 Å². The highest BCUT2D eigenvalue weighted by atomic mass is 19.2. The summed E-state index contributed by atoms with van der Waals surface area (Å²) in [5.41, 5.74) is 1.80. The molecule has 2 aromatic carbocycles. The normalized spacial score (nSPS) is 14.4. The first kappa shape index (κ1) is 27.7. The van der Waals surface area contributed by atoms with E-state index in [9.17, 15) is 18.4 Å². The van der Waals surface area contributed by atoms with Gasteiger partial charge in [-0.25, -0.2) is 13.6 Å². The summed E-state index contributed by atoms with van der Waals surface area (Å²) in [5.74, 6) is -3.15. The van der Waals surface area contributed by atoms with E-state index in [1.54, 1.807) is 58.9 Å². The number of halogens is 2. The van der Waals surface area contributed by atoms with Gasteiger partial charge in [0.2, 0.25) is 0 Å². The molecule has 0 radical (unpaired) electrons. The van der Waals surface area contributed by atoms with Crippen LogP contribution in [0.1, 0.15) is 66.5 Å². The zero-order valence-corrected chi connectivity index (χ0v) is 22.7. The molecule has 1 aromatic heterocycles. The number of rotatable bonds is 5. The first-order valence-corrected chi connectivity index (χ1v) is 12.4. The maximum absolute atomic E-state index is 14.9. The van der Waals surface area contributed by atoms with Crippen LogP contribution in [0.4, 0.5) is 14.5 Å². The number of fused-ring (bicyclic) bond motifs is 1. The molecule has 6 nitrogen and oxygen atoms in total. The summed E-state index contributed by atoms with van der Waals surface area (Å²) in [5, 5.41) is 11.4. The van der Waals surface area contributed by atoms with Gasteiger partial charge in [-0.15, -0.1) is 0 Å². The number of anilines is 1. The van der Waals surface area contributed by atoms with Crippen LogP contribution in [0.15, 0.2) is 63.9 Å². The second kappa shape index (κ2) is 10.1. The lowest BCUT2D eigenvalue weighted by molar-refractivity contribution is 0.00648. The van der Waals surface area contributed by atoms with Crippen molar-refractivity contribution in [1.29, 1.82) is 5.41 Å². The zero-order valence-electron chi connectivity index (χ0n) is 22.7. The Hall–Kier alpha value is -4.33. The third-order valence-electron chi connectivity index (χ3n) is 6.30. The number of nitrogens with one attached hydrogen (secondary N) is 2. The van der Waals surface area contributed by atoms with Crippen LogP contribution in [0.25, 0.3) is 16.5 Å². The average molecular weight is 533 g/mol. The van der Waals surface area contributed by atoms with E-state index >= 15 is 0 Å². The second-order valence-corrected chi connectivity index (χ2v) is 10.6. The van der Waals surface area contributed by atoms with E-state index in [1.165, 1.54) is 6.07 Å². The Labute approximate surface area is 225 Å². The molecule has 0 aliphatic heterocycles. The SMILES string of the molecule is C=C1C=C(c2oc3c(C(C)Nc4ccc(F)c(F)c4C(=O)OC(C)(C)C)cc(C)cc3c(=O)c2C)C=CC1=N. The molecule has 2 N–H and O–H groups in total. The van der Waals surface area contributed by atoms with E-state index < -0.39 is 34.8 Å². The average Bonchev–Trinajstić information content (AvgIpc) is 2.84. The molecule has 1 unspecified atom stereocenters. The van der Waals surface area contributed by atoms with E-state index in [1.807, 2.05) is 13.0 Å². The predicted molar refractivity (Wildman–Crippen MR) is 150 cm³/mol. The Morgan fingerprint density at radius 1 is 1.15 bits per heavy atom. The van der Waals surface area contributed by atoms with Gasteiger partial charge in [0, 0.05) is 16.7 Å². The maximum Gasteiger partial charge on any atom is 0.343 e. The van der Waals surface area contributed by atoms with Crippen LogP contribution in [0.2, 0.25) is 0 Å². The van der Waals surface area contributed by atoms with Crippen molar-refractivity contribution in [2.75, 3.05) is 5.32 Å². The van der Waals surface area contributed by atoms with Crippen LogP contribution >= 0.6 is 0 Å². The molecule has 0 spiro atoms. The van der Waals surface area contributed by atoms with Crippen molar-refractivity contribution in [1.82, 2.24) is 0 Å². The van der Waals surface area contributed by atoms with Gasteiger partial charge in [-0.2, -0.15) is 0 Å². The predicted octanol–water partition coefficient (Wildman–Crippen LogP) is 7.35. The highest BCUT2D eigenvalue weighted by Crippen LogP contribution is 2.34. The summed E-state index contributed by atoms with van der Waals surface area (Å²) in [4.78, 5) is 26.3. The van der Waals surface area contributed by atoms with Crippen LogP contribution in [0, 0.1) is 30.9 Å². The number of hydrogen-bond donors (Lipinski definition) is 2. The lowest BCUT2D eigenvalue weighted by atomic mass is 9.95. The van der Waals surface area contributed by atoms with Crippen LogP contribution in [0.5, 0.6) is 0 Å². The molecule has 4 rings (SSSR count). The van der Waals surface area contributed by atoms with Gasteiger partial charge in [-0.3, -0.25) is 4.79 Å². The molecular weight excluding hydrogens is 502 g/mol. The Bertz CT molecular complexity index is 1670. The lowest BCUT2D eigenvalue weighted by Crippen LogP contribution is -2.26. The number of esters is 1. The van der Waals surface area contributed by atoms with Gasteiger partial charge < -0.3 is 19.9 Å². The van der Waals surface area contributed by atoms with Gasteiger partial charge in [0.25, 0.3) is 0 Å². The van der Waals surface area contributed by atoms with Gasteiger partial charge in [0.15, 0.2) is 17.1 Å². The number of allylic oxidation sites excluding steroid dienone is 5. The maximum atomic E-state index is 14.9. The molecular formula is C31H30F2N2O4. The summed E-state index contributed by atoms with van der Waals surface area (Å²) in [7, 11) is 0.